The Bertz CT molecular complexity index is 1240. The molecule has 0 unspecified atom stereocenters. The van der Waals surface area contributed by atoms with Crippen LogP contribution in [0.1, 0.15) is 38.8 Å². The van der Waals surface area contributed by atoms with E-state index in [1.165, 1.54) is 47.5 Å². The Kier molecular flexibility index (Phi) is 5.19. The van der Waals surface area contributed by atoms with Crippen molar-refractivity contribution in [1.29, 1.82) is 0 Å². The molecule has 0 fully saturated rings. The van der Waals surface area contributed by atoms with Gasteiger partial charge in [0.15, 0.2) is 28.9 Å². The van der Waals surface area contributed by atoms with E-state index >= 15 is 0 Å². The molecule has 9 nitrogen and oxygen atoms in total. The summed E-state index contributed by atoms with van der Waals surface area (Å²) >= 11 is 1.32. The van der Waals surface area contributed by atoms with Crippen LogP contribution in [0.2, 0.25) is 0 Å². The van der Waals surface area contributed by atoms with E-state index in [9.17, 15) is 14.0 Å². The summed E-state index contributed by atoms with van der Waals surface area (Å²) in [6.45, 7) is 3.30. The molecule has 0 radical (unpaired) electrons. The molecule has 0 spiro atoms. The molecule has 0 saturated carbocycles. The zero-order chi connectivity index (χ0) is 21.3. The fourth-order valence-electron chi connectivity index (χ4n) is 2.68. The molecule has 3 heterocycles. The fourth-order valence-corrected chi connectivity index (χ4v) is 3.49. The Morgan fingerprint density at radius 3 is 2.87 bits per heavy atom. The van der Waals surface area contributed by atoms with Crippen LogP contribution < -0.4 is 5.32 Å². The van der Waals surface area contributed by atoms with E-state index in [4.69, 9.17) is 4.42 Å². The normalized spacial score (nSPS) is 10.9. The Labute approximate surface area is 173 Å². The maximum absolute atomic E-state index is 13.6. The summed E-state index contributed by atoms with van der Waals surface area (Å²) in [4.78, 5) is 33.7. The number of aromatic nitrogens is 5. The van der Waals surface area contributed by atoms with Gasteiger partial charge in [-0.15, -0.1) is 16.4 Å². The standard InChI is InChI=1S/C19H15FN6O3S/c1-10(27)14-9-30-16(23-14)8-26-21-7-15(25-26)24-19(28)17-18(29-11(2)22-17)12-4-3-5-13(20)6-12/h3-7,9H,8H2,1-2H3,(H,24,25,28). The number of hydrogen-bond acceptors (Lipinski definition) is 8. The number of nitrogens with zero attached hydrogens (tertiary/aromatic N) is 5. The maximum Gasteiger partial charge on any atom is 0.279 e. The smallest absolute Gasteiger partial charge is 0.279 e. The highest BCUT2D eigenvalue weighted by atomic mass is 32.1. The van der Waals surface area contributed by atoms with Crippen molar-refractivity contribution in [3.63, 3.8) is 0 Å². The molecule has 11 heteroatoms. The first kappa shape index (κ1) is 19.6. The van der Waals surface area contributed by atoms with Crippen molar-refractivity contribution in [3.8, 4) is 11.3 Å². The van der Waals surface area contributed by atoms with Gasteiger partial charge in [0.25, 0.3) is 5.91 Å². The number of ketones is 1. The topological polar surface area (TPSA) is 116 Å². The van der Waals surface area contributed by atoms with Gasteiger partial charge in [-0.25, -0.2) is 14.4 Å². The number of thiazole rings is 1. The molecule has 0 saturated heterocycles. The van der Waals surface area contributed by atoms with Crippen molar-refractivity contribution in [2.45, 2.75) is 20.4 Å². The molecule has 0 aliphatic rings. The summed E-state index contributed by atoms with van der Waals surface area (Å²) in [6, 6.07) is 5.70. The predicted molar refractivity (Wildman–Crippen MR) is 106 cm³/mol. The van der Waals surface area contributed by atoms with Crippen molar-refractivity contribution in [1.82, 2.24) is 25.0 Å². The molecule has 30 heavy (non-hydrogen) atoms. The second-order valence-electron chi connectivity index (χ2n) is 6.32. The monoisotopic (exact) mass is 426 g/mol. The Balaban J connectivity index is 1.50. The molecular formula is C19H15FN6O3S. The van der Waals surface area contributed by atoms with Crippen molar-refractivity contribution >= 4 is 28.8 Å². The first-order chi connectivity index (χ1) is 14.4. The minimum absolute atomic E-state index is 0.0127. The maximum atomic E-state index is 13.6. The van der Waals surface area contributed by atoms with E-state index in [0.717, 1.165) is 0 Å². The number of Topliss-reactive ketones (excluding diaryl/α,β-unsaturated/α-hetero) is 1. The lowest BCUT2D eigenvalue weighted by Crippen LogP contribution is -2.14. The second kappa shape index (κ2) is 7.95. The molecular weight excluding hydrogens is 411 g/mol. The van der Waals surface area contributed by atoms with Gasteiger partial charge in [0.05, 0.1) is 6.20 Å². The van der Waals surface area contributed by atoms with Crippen molar-refractivity contribution in [3.05, 3.63) is 63.9 Å². The quantitative estimate of drug-likeness (QED) is 0.470. The van der Waals surface area contributed by atoms with E-state index in [0.29, 0.717) is 16.3 Å². The highest BCUT2D eigenvalue weighted by molar-refractivity contribution is 7.09. The number of anilines is 1. The molecule has 0 bridgehead atoms. The number of halogens is 1. The van der Waals surface area contributed by atoms with Crippen LogP contribution in [0.15, 0.2) is 40.3 Å². The number of oxazole rings is 1. The number of carbonyl (C=O) groups excluding carboxylic acids is 2. The molecule has 1 N–H and O–H groups in total. The number of benzene rings is 1. The van der Waals surface area contributed by atoms with Gasteiger partial charge in [0.2, 0.25) is 0 Å². The van der Waals surface area contributed by atoms with Crippen LogP contribution in [-0.2, 0) is 6.54 Å². The number of carbonyl (C=O) groups is 2. The molecule has 3 aromatic heterocycles. The number of amides is 1. The zero-order valence-corrected chi connectivity index (χ0v) is 16.7. The summed E-state index contributed by atoms with van der Waals surface area (Å²) in [5, 5.41) is 13.2. The van der Waals surface area contributed by atoms with Gasteiger partial charge < -0.3 is 9.73 Å². The third-order valence-electron chi connectivity index (χ3n) is 4.00. The van der Waals surface area contributed by atoms with Gasteiger partial charge in [-0.1, -0.05) is 12.1 Å². The van der Waals surface area contributed by atoms with Gasteiger partial charge in [-0.3, -0.25) is 9.59 Å². The lowest BCUT2D eigenvalue weighted by molar-refractivity contribution is 0.100. The van der Waals surface area contributed by atoms with Crippen molar-refractivity contribution in [2.24, 2.45) is 0 Å². The summed E-state index contributed by atoms with van der Waals surface area (Å²) in [5.41, 5.74) is 0.801. The molecule has 0 atom stereocenters. The van der Waals surface area contributed by atoms with Gasteiger partial charge >= 0.3 is 0 Å². The number of aryl methyl sites for hydroxylation is 1. The Hall–Kier alpha value is -3.73. The van der Waals surface area contributed by atoms with Crippen LogP contribution in [0.4, 0.5) is 10.2 Å². The summed E-state index contributed by atoms with van der Waals surface area (Å²) in [6.07, 6.45) is 1.38. The summed E-state index contributed by atoms with van der Waals surface area (Å²) in [7, 11) is 0. The van der Waals surface area contributed by atoms with Crippen molar-refractivity contribution in [2.75, 3.05) is 5.32 Å². The lowest BCUT2D eigenvalue weighted by atomic mass is 10.1. The minimum atomic E-state index is -0.564. The minimum Gasteiger partial charge on any atom is -0.440 e. The molecule has 4 rings (SSSR count). The van der Waals surface area contributed by atoms with Crippen LogP contribution in [0.25, 0.3) is 11.3 Å². The molecule has 4 aromatic rings. The average molecular weight is 426 g/mol. The highest BCUT2D eigenvalue weighted by Crippen LogP contribution is 2.26. The third kappa shape index (κ3) is 4.15. The van der Waals surface area contributed by atoms with Gasteiger partial charge in [-0.05, 0) is 12.1 Å². The van der Waals surface area contributed by atoms with Crippen molar-refractivity contribution < 1.29 is 18.4 Å². The molecule has 0 aliphatic heterocycles. The van der Waals surface area contributed by atoms with Crippen LogP contribution in [0.3, 0.4) is 0 Å². The van der Waals surface area contributed by atoms with E-state index in [-0.39, 0.29) is 35.5 Å². The van der Waals surface area contributed by atoms with Crippen LogP contribution in [0.5, 0.6) is 0 Å². The Morgan fingerprint density at radius 1 is 1.30 bits per heavy atom. The van der Waals surface area contributed by atoms with E-state index in [2.05, 4.69) is 25.5 Å². The highest BCUT2D eigenvalue weighted by Gasteiger charge is 2.21. The number of hydrogen-bond donors (Lipinski definition) is 1. The van der Waals surface area contributed by atoms with Crippen LogP contribution in [-0.4, -0.2) is 36.7 Å². The lowest BCUT2D eigenvalue weighted by Gasteiger charge is -2.02. The van der Waals surface area contributed by atoms with E-state index < -0.39 is 11.7 Å². The average Bonchev–Trinajstić information content (AvgIpc) is 3.42. The summed E-state index contributed by atoms with van der Waals surface area (Å²) in [5.74, 6) is -0.494. The predicted octanol–water partition coefficient (Wildman–Crippen LogP) is 3.34. The summed E-state index contributed by atoms with van der Waals surface area (Å²) < 4.78 is 19.1. The Morgan fingerprint density at radius 2 is 2.13 bits per heavy atom. The number of rotatable bonds is 6. The first-order valence-electron chi connectivity index (χ1n) is 8.79. The van der Waals surface area contributed by atoms with Gasteiger partial charge in [0.1, 0.15) is 23.1 Å². The first-order valence-corrected chi connectivity index (χ1v) is 9.67. The molecule has 152 valence electrons. The zero-order valence-electron chi connectivity index (χ0n) is 15.9. The van der Waals surface area contributed by atoms with Crippen LogP contribution in [0, 0.1) is 12.7 Å². The van der Waals surface area contributed by atoms with E-state index in [1.54, 1.807) is 18.4 Å². The van der Waals surface area contributed by atoms with Gasteiger partial charge in [-0.2, -0.15) is 9.90 Å². The molecule has 0 aliphatic carbocycles. The molecule has 1 aromatic carbocycles. The van der Waals surface area contributed by atoms with Gasteiger partial charge in [0, 0.05) is 24.8 Å². The van der Waals surface area contributed by atoms with E-state index in [1.807, 2.05) is 0 Å². The fraction of sp³-hybridized carbons (Fsp3) is 0.158. The molecule has 1 amide bonds. The SMILES string of the molecule is CC(=O)c1csc(Cn2ncc(NC(=O)c3nc(C)oc3-c3cccc(F)c3)n2)n1. The largest absolute Gasteiger partial charge is 0.440 e. The number of nitrogens with one attached hydrogen (secondary N) is 1. The third-order valence-corrected chi connectivity index (χ3v) is 4.84. The second-order valence-corrected chi connectivity index (χ2v) is 7.26. The van der Waals surface area contributed by atoms with Crippen LogP contribution >= 0.6 is 11.3 Å².